The number of primary amides is 1. The summed E-state index contributed by atoms with van der Waals surface area (Å²) in [5.74, 6) is -0.267. The second kappa shape index (κ2) is 8.53. The number of anilines is 4. The van der Waals surface area contributed by atoms with E-state index >= 15 is 0 Å². The number of nitrogens with zero attached hydrogens (tertiary/aromatic N) is 5. The van der Waals surface area contributed by atoms with Crippen LogP contribution in [0.25, 0.3) is 5.69 Å². The van der Waals surface area contributed by atoms with Crippen LogP contribution < -0.4 is 16.4 Å². The molecular formula is C20H16F2N8O. The van der Waals surface area contributed by atoms with Crippen molar-refractivity contribution in [2.75, 3.05) is 10.6 Å². The maximum absolute atomic E-state index is 14.0. The minimum Gasteiger partial charge on any atom is -0.365 e. The van der Waals surface area contributed by atoms with Gasteiger partial charge in [0.05, 0.1) is 16.9 Å². The van der Waals surface area contributed by atoms with Gasteiger partial charge in [0.25, 0.3) is 12.3 Å². The average Bonchev–Trinajstić information content (AvgIpc) is 3.29. The highest BCUT2D eigenvalue weighted by molar-refractivity contribution is 5.98. The molecule has 3 aromatic heterocycles. The molecule has 0 spiro atoms. The van der Waals surface area contributed by atoms with Crippen LogP contribution in [-0.2, 0) is 0 Å². The van der Waals surface area contributed by atoms with Gasteiger partial charge in [0, 0.05) is 24.8 Å². The Morgan fingerprint density at radius 2 is 1.90 bits per heavy atom. The largest absolute Gasteiger partial charge is 0.365 e. The third-order valence-corrected chi connectivity index (χ3v) is 4.26. The Balaban J connectivity index is 1.75. The first-order chi connectivity index (χ1) is 15.0. The number of carbonyl (C=O) groups is 1. The summed E-state index contributed by atoms with van der Waals surface area (Å²) in [7, 11) is 0. The van der Waals surface area contributed by atoms with E-state index in [0.717, 1.165) is 0 Å². The van der Waals surface area contributed by atoms with Crippen LogP contribution in [0, 0.1) is 0 Å². The molecule has 156 valence electrons. The first-order valence-corrected chi connectivity index (χ1v) is 9.06. The van der Waals surface area contributed by atoms with Crippen LogP contribution in [0.2, 0.25) is 0 Å². The lowest BCUT2D eigenvalue weighted by Crippen LogP contribution is -2.16. The number of benzene rings is 1. The third kappa shape index (κ3) is 4.29. The smallest absolute Gasteiger partial charge is 0.267 e. The van der Waals surface area contributed by atoms with Crippen LogP contribution in [0.5, 0.6) is 0 Å². The molecule has 0 aliphatic carbocycles. The minimum absolute atomic E-state index is 0.0274. The van der Waals surface area contributed by atoms with Crippen molar-refractivity contribution in [3.63, 3.8) is 0 Å². The average molecular weight is 422 g/mol. The van der Waals surface area contributed by atoms with E-state index in [2.05, 4.69) is 30.7 Å². The van der Waals surface area contributed by atoms with Gasteiger partial charge in [-0.15, -0.1) is 0 Å². The van der Waals surface area contributed by atoms with Crippen molar-refractivity contribution in [1.82, 2.24) is 24.7 Å². The predicted octanol–water partition coefficient (Wildman–Crippen LogP) is 3.58. The Morgan fingerprint density at radius 3 is 2.58 bits per heavy atom. The number of aromatic nitrogens is 5. The molecule has 3 heterocycles. The van der Waals surface area contributed by atoms with Crippen molar-refractivity contribution in [3.05, 3.63) is 78.4 Å². The molecule has 1 aromatic carbocycles. The van der Waals surface area contributed by atoms with Gasteiger partial charge in [-0.25, -0.2) is 23.4 Å². The summed E-state index contributed by atoms with van der Waals surface area (Å²) in [6.07, 6.45) is 3.00. The summed E-state index contributed by atoms with van der Waals surface area (Å²) in [6.45, 7) is 0. The van der Waals surface area contributed by atoms with E-state index in [1.54, 1.807) is 42.7 Å². The Labute approximate surface area is 175 Å². The minimum atomic E-state index is -2.83. The molecule has 0 aliphatic rings. The molecule has 4 rings (SSSR count). The normalized spacial score (nSPS) is 10.8. The molecule has 1 amide bonds. The summed E-state index contributed by atoms with van der Waals surface area (Å²) < 4.78 is 29.3. The second-order valence-corrected chi connectivity index (χ2v) is 6.27. The van der Waals surface area contributed by atoms with Crippen LogP contribution in [-0.4, -0.2) is 30.6 Å². The highest BCUT2D eigenvalue weighted by atomic mass is 19.3. The van der Waals surface area contributed by atoms with E-state index in [-0.39, 0.29) is 34.3 Å². The number of halogens is 2. The summed E-state index contributed by atoms with van der Waals surface area (Å²) in [4.78, 5) is 24.3. The van der Waals surface area contributed by atoms with Crippen LogP contribution in [0.1, 0.15) is 22.3 Å². The Hall–Kier alpha value is -4.41. The van der Waals surface area contributed by atoms with E-state index in [9.17, 15) is 13.6 Å². The zero-order chi connectivity index (χ0) is 21.8. The fourth-order valence-electron chi connectivity index (χ4n) is 2.90. The number of alkyl halides is 2. The zero-order valence-electron chi connectivity index (χ0n) is 15.9. The van der Waals surface area contributed by atoms with Crippen LogP contribution in [0.15, 0.2) is 67.3 Å². The second-order valence-electron chi connectivity index (χ2n) is 6.27. The van der Waals surface area contributed by atoms with Crippen molar-refractivity contribution in [2.24, 2.45) is 5.73 Å². The molecule has 0 bridgehead atoms. The van der Waals surface area contributed by atoms with Gasteiger partial charge in [-0.3, -0.25) is 4.79 Å². The molecule has 0 saturated heterocycles. The van der Waals surface area contributed by atoms with Crippen molar-refractivity contribution < 1.29 is 13.6 Å². The lowest BCUT2D eigenvalue weighted by molar-refractivity contribution is 0.100. The number of amides is 1. The molecule has 4 aromatic rings. The lowest BCUT2D eigenvalue weighted by Gasteiger charge is -2.17. The van der Waals surface area contributed by atoms with Crippen molar-refractivity contribution in [1.29, 1.82) is 0 Å². The van der Waals surface area contributed by atoms with Gasteiger partial charge in [-0.05, 0) is 30.3 Å². The number of pyridine rings is 1. The molecule has 0 radical (unpaired) electrons. The predicted molar refractivity (Wildman–Crippen MR) is 110 cm³/mol. The molecule has 31 heavy (non-hydrogen) atoms. The van der Waals surface area contributed by atoms with Gasteiger partial charge in [0.2, 0.25) is 5.95 Å². The Bertz CT molecular complexity index is 1200. The monoisotopic (exact) mass is 422 g/mol. The van der Waals surface area contributed by atoms with Gasteiger partial charge < -0.3 is 16.4 Å². The first-order valence-electron chi connectivity index (χ1n) is 9.06. The van der Waals surface area contributed by atoms with Gasteiger partial charge in [-0.2, -0.15) is 10.1 Å². The van der Waals surface area contributed by atoms with Crippen molar-refractivity contribution >= 4 is 29.2 Å². The van der Waals surface area contributed by atoms with Crippen LogP contribution in [0.3, 0.4) is 0 Å². The van der Waals surface area contributed by atoms with E-state index < -0.39 is 12.3 Å². The van der Waals surface area contributed by atoms with Gasteiger partial charge in [-0.1, -0.05) is 12.1 Å². The number of nitrogens with one attached hydrogen (secondary N) is 2. The summed E-state index contributed by atoms with van der Waals surface area (Å²) in [5.41, 5.74) is 5.29. The lowest BCUT2D eigenvalue weighted by atomic mass is 10.1. The molecule has 0 aliphatic heterocycles. The number of nitrogens with two attached hydrogens (primary N) is 1. The molecular weight excluding hydrogens is 406 g/mol. The topological polar surface area (TPSA) is 124 Å². The molecule has 0 unspecified atom stereocenters. The van der Waals surface area contributed by atoms with Gasteiger partial charge in [0.1, 0.15) is 17.2 Å². The van der Waals surface area contributed by atoms with Gasteiger partial charge in [0.15, 0.2) is 0 Å². The van der Waals surface area contributed by atoms with E-state index in [1.807, 2.05) is 0 Å². The Kier molecular flexibility index (Phi) is 5.47. The van der Waals surface area contributed by atoms with Crippen molar-refractivity contribution in [3.8, 4) is 5.69 Å². The molecule has 9 nitrogen and oxygen atoms in total. The summed E-state index contributed by atoms with van der Waals surface area (Å²) in [6, 6.07) is 11.4. The van der Waals surface area contributed by atoms with E-state index in [0.29, 0.717) is 5.82 Å². The standard InChI is InChI=1S/C20H16F2N8O/c21-17(22)16-13(5-3-6-14(16)30-10-4-9-26-30)27-19-12(18(23)31)11-25-20(29-19)28-15-7-1-2-8-24-15/h1-11,17H,(H2,23,31)(H2,24,25,27,28,29). The maximum Gasteiger partial charge on any atom is 0.267 e. The number of hydrogen-bond acceptors (Lipinski definition) is 7. The maximum atomic E-state index is 14.0. The molecule has 11 heteroatoms. The highest BCUT2D eigenvalue weighted by Crippen LogP contribution is 2.34. The number of carbonyl (C=O) groups excluding carboxylic acids is 1. The zero-order valence-corrected chi connectivity index (χ0v) is 15.9. The molecule has 0 saturated carbocycles. The van der Waals surface area contributed by atoms with Gasteiger partial charge >= 0.3 is 0 Å². The fraction of sp³-hybridized carbons (Fsp3) is 0.0500. The first kappa shape index (κ1) is 19.9. The fourth-order valence-corrected chi connectivity index (χ4v) is 2.90. The van der Waals surface area contributed by atoms with E-state index in [1.165, 1.54) is 29.2 Å². The third-order valence-electron chi connectivity index (χ3n) is 4.26. The molecule has 4 N–H and O–H groups in total. The van der Waals surface area contributed by atoms with Crippen LogP contribution in [0.4, 0.5) is 32.1 Å². The molecule has 0 atom stereocenters. The summed E-state index contributed by atoms with van der Waals surface area (Å²) in [5, 5.41) is 9.70. The highest BCUT2D eigenvalue weighted by Gasteiger charge is 2.21. The quantitative estimate of drug-likeness (QED) is 0.416. The van der Waals surface area contributed by atoms with E-state index in [4.69, 9.17) is 5.73 Å². The number of rotatable bonds is 7. The Morgan fingerprint density at radius 1 is 1.03 bits per heavy atom. The SMILES string of the molecule is NC(=O)c1cnc(Nc2ccccn2)nc1Nc1cccc(-n2cccn2)c1C(F)F. The molecule has 0 fully saturated rings. The number of hydrogen-bond donors (Lipinski definition) is 3. The summed E-state index contributed by atoms with van der Waals surface area (Å²) >= 11 is 0. The van der Waals surface area contributed by atoms with Crippen LogP contribution >= 0.6 is 0 Å². The van der Waals surface area contributed by atoms with Crippen molar-refractivity contribution in [2.45, 2.75) is 6.43 Å².